The van der Waals surface area contributed by atoms with Gasteiger partial charge in [-0.1, -0.05) is 12.1 Å². The Bertz CT molecular complexity index is 1380. The number of esters is 1. The van der Waals surface area contributed by atoms with Gasteiger partial charge in [-0.2, -0.15) is 0 Å². The highest BCUT2D eigenvalue weighted by Crippen LogP contribution is 2.45. The fraction of sp³-hybridized carbons (Fsp3) is 0.296. The SMILES string of the molecule is CCOC(=O)c1c(-c2cccc3[nH]ccc23)c(C)n2c1-c1cc(OC)c(C(C)O)cc1CC2. The van der Waals surface area contributed by atoms with Gasteiger partial charge in [-0.3, -0.25) is 0 Å². The van der Waals surface area contributed by atoms with Gasteiger partial charge in [-0.25, -0.2) is 4.79 Å². The first-order valence-corrected chi connectivity index (χ1v) is 11.3. The molecule has 1 atom stereocenters. The first-order chi connectivity index (χ1) is 16.0. The van der Waals surface area contributed by atoms with E-state index in [2.05, 4.69) is 22.5 Å². The highest BCUT2D eigenvalue weighted by molar-refractivity contribution is 6.09. The van der Waals surface area contributed by atoms with Crippen LogP contribution in [0.25, 0.3) is 33.3 Å². The third-order valence-corrected chi connectivity index (χ3v) is 6.63. The minimum absolute atomic E-state index is 0.299. The number of benzene rings is 2. The molecule has 33 heavy (non-hydrogen) atoms. The molecule has 0 saturated heterocycles. The summed E-state index contributed by atoms with van der Waals surface area (Å²) in [6, 6.07) is 12.1. The molecule has 0 bridgehead atoms. The lowest BCUT2D eigenvalue weighted by Gasteiger charge is -2.24. The van der Waals surface area contributed by atoms with Gasteiger partial charge in [0.1, 0.15) is 5.75 Å². The molecule has 6 nitrogen and oxygen atoms in total. The number of aliphatic hydroxyl groups is 1. The lowest BCUT2D eigenvalue weighted by Crippen LogP contribution is -2.15. The minimum atomic E-state index is -0.646. The monoisotopic (exact) mass is 444 g/mol. The van der Waals surface area contributed by atoms with Crippen LogP contribution >= 0.6 is 0 Å². The van der Waals surface area contributed by atoms with Crippen molar-refractivity contribution in [3.8, 4) is 28.1 Å². The molecule has 1 aliphatic rings. The van der Waals surface area contributed by atoms with Gasteiger partial charge in [0.05, 0.1) is 31.1 Å². The zero-order valence-electron chi connectivity index (χ0n) is 19.4. The molecule has 1 aliphatic heterocycles. The van der Waals surface area contributed by atoms with Crippen LogP contribution in [0.4, 0.5) is 0 Å². The van der Waals surface area contributed by atoms with E-state index in [-0.39, 0.29) is 5.97 Å². The van der Waals surface area contributed by atoms with E-state index in [0.717, 1.165) is 63.1 Å². The quantitative estimate of drug-likeness (QED) is 0.404. The van der Waals surface area contributed by atoms with E-state index in [0.29, 0.717) is 17.9 Å². The maximum atomic E-state index is 13.4. The van der Waals surface area contributed by atoms with Crippen LogP contribution in [0.15, 0.2) is 42.6 Å². The highest BCUT2D eigenvalue weighted by Gasteiger charge is 2.33. The Morgan fingerprint density at radius 2 is 2.06 bits per heavy atom. The number of carbonyl (C=O) groups is 1. The van der Waals surface area contributed by atoms with E-state index < -0.39 is 6.10 Å². The normalized spacial score (nSPS) is 13.5. The number of ether oxygens (including phenoxy) is 2. The van der Waals surface area contributed by atoms with Crippen molar-refractivity contribution < 1.29 is 19.4 Å². The molecule has 4 aromatic rings. The van der Waals surface area contributed by atoms with E-state index in [9.17, 15) is 9.90 Å². The van der Waals surface area contributed by atoms with Gasteiger partial charge in [0.25, 0.3) is 0 Å². The van der Waals surface area contributed by atoms with Gasteiger partial charge in [-0.05, 0) is 62.6 Å². The summed E-state index contributed by atoms with van der Waals surface area (Å²) in [6.45, 7) is 6.67. The summed E-state index contributed by atoms with van der Waals surface area (Å²) >= 11 is 0. The van der Waals surface area contributed by atoms with Crippen molar-refractivity contribution in [1.82, 2.24) is 9.55 Å². The summed E-state index contributed by atoms with van der Waals surface area (Å²) in [5.41, 5.74) is 8.18. The van der Waals surface area contributed by atoms with E-state index in [4.69, 9.17) is 9.47 Å². The van der Waals surface area contributed by atoms with Gasteiger partial charge >= 0.3 is 5.97 Å². The van der Waals surface area contributed by atoms with Crippen LogP contribution < -0.4 is 4.74 Å². The minimum Gasteiger partial charge on any atom is -0.496 e. The summed E-state index contributed by atoms with van der Waals surface area (Å²) < 4.78 is 13.4. The van der Waals surface area contributed by atoms with Crippen molar-refractivity contribution >= 4 is 16.9 Å². The average molecular weight is 445 g/mol. The van der Waals surface area contributed by atoms with Crippen molar-refractivity contribution in [2.75, 3.05) is 13.7 Å². The number of aryl methyl sites for hydroxylation is 1. The maximum Gasteiger partial charge on any atom is 0.340 e. The van der Waals surface area contributed by atoms with Crippen molar-refractivity contribution in [3.63, 3.8) is 0 Å². The molecular formula is C27H28N2O4. The van der Waals surface area contributed by atoms with Crippen molar-refractivity contribution in [1.29, 1.82) is 0 Å². The largest absolute Gasteiger partial charge is 0.496 e. The number of aromatic nitrogens is 2. The molecule has 2 aromatic carbocycles. The Hall–Kier alpha value is -3.51. The number of hydrogen-bond donors (Lipinski definition) is 2. The van der Waals surface area contributed by atoms with Crippen LogP contribution in [0, 0.1) is 6.92 Å². The second-order valence-corrected chi connectivity index (χ2v) is 8.48. The van der Waals surface area contributed by atoms with Crippen molar-refractivity contribution in [2.24, 2.45) is 0 Å². The molecule has 170 valence electrons. The number of H-pyrrole nitrogens is 1. The summed E-state index contributed by atoms with van der Waals surface area (Å²) in [7, 11) is 1.60. The maximum absolute atomic E-state index is 13.4. The second kappa shape index (κ2) is 8.12. The van der Waals surface area contributed by atoms with Gasteiger partial charge < -0.3 is 24.1 Å². The van der Waals surface area contributed by atoms with Crippen LogP contribution in [-0.4, -0.2) is 34.3 Å². The average Bonchev–Trinajstić information content (AvgIpc) is 3.41. The standard InChI is InChI=1S/C27H28N2O4/c1-5-33-27(31)25-24(19-7-6-8-22-18(19)9-11-28-22)15(2)29-12-10-17-13-20(16(3)30)23(32-4)14-21(17)26(25)29/h6-9,11,13-14,16,28,30H,5,10,12H2,1-4H3. The van der Waals surface area contributed by atoms with E-state index >= 15 is 0 Å². The molecule has 2 aromatic heterocycles. The fourth-order valence-electron chi connectivity index (χ4n) is 5.14. The summed E-state index contributed by atoms with van der Waals surface area (Å²) in [5, 5.41) is 11.3. The smallest absolute Gasteiger partial charge is 0.340 e. The zero-order valence-corrected chi connectivity index (χ0v) is 19.4. The number of aromatic amines is 1. The number of carbonyl (C=O) groups excluding carboxylic acids is 1. The van der Waals surface area contributed by atoms with E-state index in [1.807, 2.05) is 43.5 Å². The number of nitrogens with zero attached hydrogens (tertiary/aromatic N) is 1. The molecule has 0 saturated carbocycles. The highest BCUT2D eigenvalue weighted by atomic mass is 16.5. The first-order valence-electron chi connectivity index (χ1n) is 11.3. The van der Waals surface area contributed by atoms with Gasteiger partial charge in [0.2, 0.25) is 0 Å². The van der Waals surface area contributed by atoms with Crippen molar-refractivity contribution in [3.05, 3.63) is 65.0 Å². The van der Waals surface area contributed by atoms with Gasteiger partial charge in [0, 0.05) is 46.0 Å². The second-order valence-electron chi connectivity index (χ2n) is 8.48. The number of aliphatic hydroxyl groups excluding tert-OH is 1. The topological polar surface area (TPSA) is 76.5 Å². The molecule has 0 amide bonds. The predicted molar refractivity (Wildman–Crippen MR) is 129 cm³/mol. The molecule has 0 radical (unpaired) electrons. The lowest BCUT2D eigenvalue weighted by atomic mass is 9.90. The number of fused-ring (bicyclic) bond motifs is 4. The lowest BCUT2D eigenvalue weighted by molar-refractivity contribution is 0.0528. The molecule has 0 fully saturated rings. The van der Waals surface area contributed by atoms with Crippen molar-refractivity contribution in [2.45, 2.75) is 39.8 Å². The van der Waals surface area contributed by atoms with Crippen LogP contribution in [0.5, 0.6) is 5.75 Å². The molecule has 1 unspecified atom stereocenters. The number of rotatable bonds is 5. The molecule has 0 aliphatic carbocycles. The predicted octanol–water partition coefficient (Wildman–Crippen LogP) is 5.41. The molecule has 6 heteroatoms. The summed E-state index contributed by atoms with van der Waals surface area (Å²) in [4.78, 5) is 16.7. The summed E-state index contributed by atoms with van der Waals surface area (Å²) in [6.07, 6.45) is 2.07. The third-order valence-electron chi connectivity index (χ3n) is 6.63. The Kier molecular flexibility index (Phi) is 5.25. The Morgan fingerprint density at radius 1 is 1.24 bits per heavy atom. The van der Waals surface area contributed by atoms with Crippen LogP contribution in [0.3, 0.4) is 0 Å². The van der Waals surface area contributed by atoms with Gasteiger partial charge in [-0.15, -0.1) is 0 Å². The Morgan fingerprint density at radius 3 is 2.79 bits per heavy atom. The van der Waals surface area contributed by atoms with E-state index in [1.54, 1.807) is 14.0 Å². The number of nitrogens with one attached hydrogen (secondary N) is 1. The summed E-state index contributed by atoms with van der Waals surface area (Å²) in [5.74, 6) is 0.281. The Labute approximate surface area is 192 Å². The first kappa shape index (κ1) is 21.3. The van der Waals surface area contributed by atoms with Crippen LogP contribution in [-0.2, 0) is 17.7 Å². The van der Waals surface area contributed by atoms with Crippen LogP contribution in [0.2, 0.25) is 0 Å². The fourth-order valence-corrected chi connectivity index (χ4v) is 5.14. The third kappa shape index (κ3) is 3.25. The van der Waals surface area contributed by atoms with Crippen LogP contribution in [0.1, 0.15) is 47.1 Å². The molecule has 3 heterocycles. The van der Waals surface area contributed by atoms with Gasteiger partial charge in [0.15, 0.2) is 0 Å². The number of methoxy groups -OCH3 is 1. The zero-order chi connectivity index (χ0) is 23.3. The molecule has 0 spiro atoms. The number of hydrogen-bond acceptors (Lipinski definition) is 4. The van der Waals surface area contributed by atoms with E-state index in [1.165, 1.54) is 0 Å². The molecule has 2 N–H and O–H groups in total. The Balaban J connectivity index is 1.85. The molecular weight excluding hydrogens is 416 g/mol. The molecule has 5 rings (SSSR count).